The van der Waals surface area contributed by atoms with Crippen LogP contribution in [0.3, 0.4) is 0 Å². The van der Waals surface area contributed by atoms with E-state index in [9.17, 15) is 0 Å². The van der Waals surface area contributed by atoms with Gasteiger partial charge in [-0.3, -0.25) is 0 Å². The van der Waals surface area contributed by atoms with Gasteiger partial charge < -0.3 is 10.1 Å². The third-order valence-electron chi connectivity index (χ3n) is 3.45. The lowest BCUT2D eigenvalue weighted by Gasteiger charge is -2.27. The maximum Gasteiger partial charge on any atom is 0.174 e. The van der Waals surface area contributed by atoms with Gasteiger partial charge in [0.25, 0.3) is 0 Å². The predicted molar refractivity (Wildman–Crippen MR) is 86.5 cm³/mol. The van der Waals surface area contributed by atoms with E-state index in [1.807, 2.05) is 42.1 Å². The molecule has 0 fully saturated rings. The Morgan fingerprint density at radius 2 is 2.14 bits per heavy atom. The van der Waals surface area contributed by atoms with Crippen LogP contribution in [0.25, 0.3) is 0 Å². The van der Waals surface area contributed by atoms with Crippen LogP contribution in [0.5, 0.6) is 5.75 Å². The molecule has 2 aromatic carbocycles. The van der Waals surface area contributed by atoms with E-state index in [1.165, 1.54) is 11.1 Å². The first-order valence-electron chi connectivity index (χ1n) is 6.89. The topological polar surface area (TPSA) is 45.0 Å². The van der Waals surface area contributed by atoms with Crippen molar-refractivity contribution in [1.29, 1.82) is 5.26 Å². The van der Waals surface area contributed by atoms with Gasteiger partial charge in [0, 0.05) is 23.3 Å². The molecule has 0 saturated heterocycles. The summed E-state index contributed by atoms with van der Waals surface area (Å²) in [6.45, 7) is 0.0750. The van der Waals surface area contributed by atoms with E-state index in [0.29, 0.717) is 6.04 Å². The molecule has 106 valence electrons. The van der Waals surface area contributed by atoms with Crippen LogP contribution < -0.4 is 10.1 Å². The normalized spacial score (nSPS) is 16.6. The lowest BCUT2D eigenvalue weighted by Crippen LogP contribution is -2.18. The number of hydrogen-bond acceptors (Lipinski definition) is 4. The van der Waals surface area contributed by atoms with Gasteiger partial charge in [-0.1, -0.05) is 30.3 Å². The van der Waals surface area contributed by atoms with Crippen LogP contribution in [0.4, 0.5) is 5.69 Å². The SMILES string of the molecule is N#CCOc1cccc(NC2CSCc3ccccc32)c1. The number of hydrogen-bond donors (Lipinski definition) is 1. The number of nitriles is 1. The number of ether oxygens (including phenoxy) is 1. The molecule has 1 unspecified atom stereocenters. The fourth-order valence-corrected chi connectivity index (χ4v) is 3.59. The zero-order valence-electron chi connectivity index (χ0n) is 11.6. The highest BCUT2D eigenvalue weighted by Gasteiger charge is 2.19. The number of thioether (sulfide) groups is 1. The Bertz CT molecular complexity index is 666. The molecule has 1 atom stereocenters. The maximum absolute atomic E-state index is 8.57. The first kappa shape index (κ1) is 13.8. The van der Waals surface area contributed by atoms with Crippen LogP contribution in [0.15, 0.2) is 48.5 Å². The first-order valence-corrected chi connectivity index (χ1v) is 8.04. The summed E-state index contributed by atoms with van der Waals surface area (Å²) in [5.74, 6) is 2.86. The van der Waals surface area contributed by atoms with Gasteiger partial charge >= 0.3 is 0 Å². The number of benzene rings is 2. The molecule has 4 heteroatoms. The number of nitrogens with one attached hydrogen (secondary N) is 1. The summed E-state index contributed by atoms with van der Waals surface area (Å²) in [4.78, 5) is 0. The van der Waals surface area contributed by atoms with Gasteiger partial charge in [-0.05, 0) is 23.3 Å². The molecule has 0 spiro atoms. The van der Waals surface area contributed by atoms with Crippen molar-refractivity contribution in [2.75, 3.05) is 17.7 Å². The van der Waals surface area contributed by atoms with Gasteiger partial charge in [-0.2, -0.15) is 17.0 Å². The third-order valence-corrected chi connectivity index (χ3v) is 4.54. The molecule has 3 rings (SSSR count). The summed E-state index contributed by atoms with van der Waals surface area (Å²) in [6, 6.07) is 18.7. The Morgan fingerprint density at radius 1 is 1.24 bits per heavy atom. The van der Waals surface area contributed by atoms with E-state index < -0.39 is 0 Å². The second-order valence-electron chi connectivity index (χ2n) is 4.89. The second kappa shape index (κ2) is 6.55. The standard InChI is InChI=1S/C17H16N2OS/c18-8-9-20-15-6-3-5-14(10-15)19-17-12-21-11-13-4-1-2-7-16(13)17/h1-7,10,17,19H,9,11-12H2. The van der Waals surface area contributed by atoms with Crippen molar-refractivity contribution >= 4 is 17.4 Å². The Hall–Kier alpha value is -2.12. The Balaban J connectivity index is 1.77. The van der Waals surface area contributed by atoms with Crippen LogP contribution >= 0.6 is 11.8 Å². The van der Waals surface area contributed by atoms with Crippen molar-refractivity contribution < 1.29 is 4.74 Å². The number of nitrogens with zero attached hydrogens (tertiary/aromatic N) is 1. The molecule has 1 aliphatic heterocycles. The van der Waals surface area contributed by atoms with Crippen LogP contribution in [0.2, 0.25) is 0 Å². The quantitative estimate of drug-likeness (QED) is 0.926. The van der Waals surface area contributed by atoms with Crippen molar-refractivity contribution in [3.63, 3.8) is 0 Å². The number of anilines is 1. The van der Waals surface area contributed by atoms with Crippen molar-refractivity contribution in [1.82, 2.24) is 0 Å². The molecule has 21 heavy (non-hydrogen) atoms. The molecule has 0 radical (unpaired) electrons. The highest BCUT2D eigenvalue weighted by molar-refractivity contribution is 7.98. The third kappa shape index (κ3) is 3.32. The van der Waals surface area contributed by atoms with E-state index in [4.69, 9.17) is 10.00 Å². The molecule has 1 aliphatic rings. The largest absolute Gasteiger partial charge is 0.479 e. The fourth-order valence-electron chi connectivity index (χ4n) is 2.49. The zero-order chi connectivity index (χ0) is 14.5. The van der Waals surface area contributed by atoms with Crippen LogP contribution in [0, 0.1) is 11.3 Å². The van der Waals surface area contributed by atoms with Gasteiger partial charge in [0.05, 0.1) is 6.04 Å². The average molecular weight is 296 g/mol. The highest BCUT2D eigenvalue weighted by Crippen LogP contribution is 2.34. The van der Waals surface area contributed by atoms with Crippen LogP contribution in [-0.2, 0) is 5.75 Å². The molecule has 0 aromatic heterocycles. The van der Waals surface area contributed by atoms with Gasteiger partial charge in [0.2, 0.25) is 0 Å². The fraction of sp³-hybridized carbons (Fsp3) is 0.235. The molecular weight excluding hydrogens is 280 g/mol. The average Bonchev–Trinajstić information content (AvgIpc) is 2.54. The second-order valence-corrected chi connectivity index (χ2v) is 5.92. The molecule has 0 saturated carbocycles. The minimum Gasteiger partial charge on any atom is -0.479 e. The molecule has 0 aliphatic carbocycles. The molecule has 0 amide bonds. The summed E-state index contributed by atoms with van der Waals surface area (Å²) in [5.41, 5.74) is 3.80. The molecule has 1 N–H and O–H groups in total. The van der Waals surface area contributed by atoms with Crippen LogP contribution in [0.1, 0.15) is 17.2 Å². The van der Waals surface area contributed by atoms with Gasteiger partial charge in [-0.15, -0.1) is 0 Å². The predicted octanol–water partition coefficient (Wildman–Crippen LogP) is 3.99. The number of fused-ring (bicyclic) bond motifs is 1. The lowest BCUT2D eigenvalue weighted by molar-refractivity contribution is 0.368. The van der Waals surface area contributed by atoms with E-state index >= 15 is 0 Å². The molecule has 0 bridgehead atoms. The Morgan fingerprint density at radius 3 is 3.05 bits per heavy atom. The van der Waals surface area contributed by atoms with E-state index in [1.54, 1.807) is 0 Å². The van der Waals surface area contributed by atoms with E-state index in [0.717, 1.165) is 22.9 Å². The summed E-state index contributed by atoms with van der Waals surface area (Å²) in [7, 11) is 0. The highest BCUT2D eigenvalue weighted by atomic mass is 32.2. The molecule has 3 nitrogen and oxygen atoms in total. The minimum absolute atomic E-state index is 0.0750. The van der Waals surface area contributed by atoms with Crippen molar-refractivity contribution in [3.05, 3.63) is 59.7 Å². The summed E-state index contributed by atoms with van der Waals surface area (Å²) in [6.07, 6.45) is 0. The summed E-state index contributed by atoms with van der Waals surface area (Å²) >= 11 is 1.95. The number of rotatable bonds is 4. The molecule has 2 aromatic rings. The molecule has 1 heterocycles. The lowest BCUT2D eigenvalue weighted by atomic mass is 10.0. The molecular formula is C17H16N2OS. The maximum atomic E-state index is 8.57. The van der Waals surface area contributed by atoms with E-state index in [-0.39, 0.29) is 6.61 Å². The minimum atomic E-state index is 0.0750. The van der Waals surface area contributed by atoms with Gasteiger partial charge in [-0.25, -0.2) is 0 Å². The van der Waals surface area contributed by atoms with E-state index in [2.05, 4.69) is 29.6 Å². The summed E-state index contributed by atoms with van der Waals surface area (Å²) in [5, 5.41) is 12.1. The van der Waals surface area contributed by atoms with Crippen molar-refractivity contribution in [2.24, 2.45) is 0 Å². The first-order chi connectivity index (χ1) is 10.4. The zero-order valence-corrected chi connectivity index (χ0v) is 12.4. The Labute approximate surface area is 128 Å². The van der Waals surface area contributed by atoms with Crippen molar-refractivity contribution in [2.45, 2.75) is 11.8 Å². The smallest absolute Gasteiger partial charge is 0.174 e. The van der Waals surface area contributed by atoms with Crippen molar-refractivity contribution in [3.8, 4) is 11.8 Å². The Kier molecular flexibility index (Phi) is 4.32. The van der Waals surface area contributed by atoms with Crippen LogP contribution in [-0.4, -0.2) is 12.4 Å². The van der Waals surface area contributed by atoms with Gasteiger partial charge in [0.15, 0.2) is 6.61 Å². The monoisotopic (exact) mass is 296 g/mol. The summed E-state index contributed by atoms with van der Waals surface area (Å²) < 4.78 is 5.35. The van der Waals surface area contributed by atoms with Gasteiger partial charge in [0.1, 0.15) is 11.8 Å².